The quantitative estimate of drug-likeness (QED) is 0.852. The van der Waals surface area contributed by atoms with E-state index < -0.39 is 0 Å². The van der Waals surface area contributed by atoms with Gasteiger partial charge in [-0.2, -0.15) is 0 Å². The summed E-state index contributed by atoms with van der Waals surface area (Å²) in [5, 5.41) is 2.98. The number of benzene rings is 2. The van der Waals surface area contributed by atoms with Gasteiger partial charge in [0.2, 0.25) is 0 Å². The Bertz CT molecular complexity index is 728. The third-order valence-electron chi connectivity index (χ3n) is 4.58. The third kappa shape index (κ3) is 5.37. The van der Waals surface area contributed by atoms with Crippen molar-refractivity contribution < 1.29 is 9.53 Å². The second-order valence-electron chi connectivity index (χ2n) is 6.89. The monoisotopic (exact) mass is 368 g/mol. The molecule has 0 aromatic heterocycles. The highest BCUT2D eigenvalue weighted by atomic mass is 16.5. The molecule has 6 heteroatoms. The number of likely N-dealkylation sites (N-methyl/N-ethyl adjacent to an activating group) is 1. The number of piperazine rings is 1. The first-order valence-corrected chi connectivity index (χ1v) is 9.38. The molecule has 3 rings (SSSR count). The summed E-state index contributed by atoms with van der Waals surface area (Å²) < 4.78 is 6.07. The van der Waals surface area contributed by atoms with Gasteiger partial charge >= 0.3 is 6.03 Å². The molecule has 1 fully saturated rings. The first kappa shape index (κ1) is 19.0. The zero-order chi connectivity index (χ0) is 19.1. The molecule has 2 aromatic rings. The minimum atomic E-state index is 0.0188. The van der Waals surface area contributed by atoms with Crippen molar-refractivity contribution in [2.75, 3.05) is 58.3 Å². The van der Waals surface area contributed by atoms with Gasteiger partial charge in [0, 0.05) is 39.3 Å². The van der Waals surface area contributed by atoms with Crippen molar-refractivity contribution in [1.29, 1.82) is 0 Å². The Morgan fingerprint density at radius 2 is 1.67 bits per heavy atom. The van der Waals surface area contributed by atoms with Gasteiger partial charge in [-0.05, 0) is 38.4 Å². The molecule has 0 unspecified atom stereocenters. The van der Waals surface area contributed by atoms with Crippen molar-refractivity contribution >= 4 is 11.7 Å². The Labute approximate surface area is 161 Å². The van der Waals surface area contributed by atoms with Crippen LogP contribution in [-0.4, -0.2) is 69.2 Å². The number of hydrogen-bond acceptors (Lipinski definition) is 4. The molecule has 1 aliphatic rings. The van der Waals surface area contributed by atoms with Gasteiger partial charge in [0.15, 0.2) is 5.75 Å². The van der Waals surface area contributed by atoms with E-state index in [9.17, 15) is 4.79 Å². The Hall–Kier alpha value is -2.73. The van der Waals surface area contributed by atoms with Crippen molar-refractivity contribution in [3.63, 3.8) is 0 Å². The van der Waals surface area contributed by atoms with Gasteiger partial charge in [0.05, 0.1) is 5.69 Å². The zero-order valence-corrected chi connectivity index (χ0v) is 16.1. The molecule has 2 aromatic carbocycles. The average Bonchev–Trinajstić information content (AvgIpc) is 2.69. The van der Waals surface area contributed by atoms with E-state index in [0.29, 0.717) is 19.6 Å². The molecule has 0 aliphatic carbocycles. The van der Waals surface area contributed by atoms with Crippen LogP contribution in [0, 0.1) is 0 Å². The standard InChI is InChI=1S/C21H28N4O2/c1-23(2)13-12-22-21(26)25-16-14-24(15-17-25)19-10-6-7-11-20(19)27-18-8-4-3-5-9-18/h3-11H,12-17H2,1-2H3,(H,22,26). The van der Waals surface area contributed by atoms with Gasteiger partial charge in [-0.1, -0.05) is 30.3 Å². The van der Waals surface area contributed by atoms with Crippen LogP contribution in [0.2, 0.25) is 0 Å². The van der Waals surface area contributed by atoms with Crippen LogP contribution < -0.4 is 15.0 Å². The summed E-state index contributed by atoms with van der Waals surface area (Å²) in [6.45, 7) is 4.49. The molecule has 1 aliphatic heterocycles. The minimum Gasteiger partial charge on any atom is -0.455 e. The summed E-state index contributed by atoms with van der Waals surface area (Å²) in [6.07, 6.45) is 0. The number of hydrogen-bond donors (Lipinski definition) is 1. The van der Waals surface area contributed by atoms with Crippen LogP contribution >= 0.6 is 0 Å². The summed E-state index contributed by atoms with van der Waals surface area (Å²) >= 11 is 0. The van der Waals surface area contributed by atoms with Crippen molar-refractivity contribution in [3.8, 4) is 11.5 Å². The molecule has 1 heterocycles. The summed E-state index contributed by atoms with van der Waals surface area (Å²) in [7, 11) is 4.00. The Morgan fingerprint density at radius 3 is 2.37 bits per heavy atom. The van der Waals surface area contributed by atoms with Gasteiger partial charge < -0.3 is 24.8 Å². The Kier molecular flexibility index (Phi) is 6.54. The number of para-hydroxylation sites is 3. The highest BCUT2D eigenvalue weighted by molar-refractivity contribution is 5.74. The van der Waals surface area contributed by atoms with Gasteiger partial charge in [0.1, 0.15) is 5.75 Å². The van der Waals surface area contributed by atoms with E-state index in [1.165, 1.54) is 0 Å². The lowest BCUT2D eigenvalue weighted by Gasteiger charge is -2.36. The lowest BCUT2D eigenvalue weighted by atomic mass is 10.2. The van der Waals surface area contributed by atoms with Crippen LogP contribution in [0.4, 0.5) is 10.5 Å². The van der Waals surface area contributed by atoms with Crippen molar-refractivity contribution in [1.82, 2.24) is 15.1 Å². The third-order valence-corrected chi connectivity index (χ3v) is 4.58. The van der Waals surface area contributed by atoms with Crippen LogP contribution in [-0.2, 0) is 0 Å². The van der Waals surface area contributed by atoms with Crippen LogP contribution in [0.5, 0.6) is 11.5 Å². The van der Waals surface area contributed by atoms with Gasteiger partial charge in [-0.3, -0.25) is 0 Å². The Balaban J connectivity index is 1.57. The van der Waals surface area contributed by atoms with Crippen molar-refractivity contribution in [3.05, 3.63) is 54.6 Å². The molecule has 0 radical (unpaired) electrons. The SMILES string of the molecule is CN(C)CCNC(=O)N1CCN(c2ccccc2Oc2ccccc2)CC1. The van der Waals surface area contributed by atoms with E-state index in [1.54, 1.807) is 0 Å². The smallest absolute Gasteiger partial charge is 0.317 e. The zero-order valence-electron chi connectivity index (χ0n) is 16.1. The molecule has 0 atom stereocenters. The fraction of sp³-hybridized carbons (Fsp3) is 0.381. The summed E-state index contributed by atoms with van der Waals surface area (Å²) in [5.41, 5.74) is 1.06. The second kappa shape index (κ2) is 9.28. The summed E-state index contributed by atoms with van der Waals surface area (Å²) in [5.74, 6) is 1.66. The highest BCUT2D eigenvalue weighted by Crippen LogP contribution is 2.32. The molecular weight excluding hydrogens is 340 g/mol. The van der Waals surface area contributed by atoms with Crippen molar-refractivity contribution in [2.24, 2.45) is 0 Å². The number of carbonyl (C=O) groups excluding carboxylic acids is 1. The summed E-state index contributed by atoms with van der Waals surface area (Å²) in [4.78, 5) is 18.5. The predicted molar refractivity (Wildman–Crippen MR) is 109 cm³/mol. The van der Waals surface area contributed by atoms with E-state index in [-0.39, 0.29) is 6.03 Å². The summed E-state index contributed by atoms with van der Waals surface area (Å²) in [6, 6.07) is 17.9. The van der Waals surface area contributed by atoms with E-state index in [2.05, 4.69) is 21.2 Å². The lowest BCUT2D eigenvalue weighted by molar-refractivity contribution is 0.193. The van der Waals surface area contributed by atoms with E-state index >= 15 is 0 Å². The minimum absolute atomic E-state index is 0.0188. The molecule has 1 N–H and O–H groups in total. The molecule has 144 valence electrons. The number of carbonyl (C=O) groups is 1. The topological polar surface area (TPSA) is 48.1 Å². The number of nitrogens with one attached hydrogen (secondary N) is 1. The molecule has 1 saturated heterocycles. The maximum absolute atomic E-state index is 12.3. The van der Waals surface area contributed by atoms with Gasteiger partial charge in [-0.25, -0.2) is 4.79 Å². The number of amides is 2. The van der Waals surface area contributed by atoms with Crippen molar-refractivity contribution in [2.45, 2.75) is 0 Å². The predicted octanol–water partition coefficient (Wildman–Crippen LogP) is 2.87. The fourth-order valence-electron chi connectivity index (χ4n) is 3.07. The van der Waals surface area contributed by atoms with Gasteiger partial charge in [-0.15, -0.1) is 0 Å². The molecule has 0 bridgehead atoms. The molecular formula is C21H28N4O2. The number of urea groups is 1. The number of anilines is 1. The maximum Gasteiger partial charge on any atom is 0.317 e. The Morgan fingerprint density at radius 1 is 1.00 bits per heavy atom. The van der Waals surface area contributed by atoms with E-state index in [4.69, 9.17) is 4.74 Å². The molecule has 6 nitrogen and oxygen atoms in total. The van der Waals surface area contributed by atoms with E-state index in [0.717, 1.165) is 36.8 Å². The number of rotatable bonds is 6. The first-order chi connectivity index (χ1) is 13.1. The highest BCUT2D eigenvalue weighted by Gasteiger charge is 2.22. The molecule has 0 saturated carbocycles. The maximum atomic E-state index is 12.3. The largest absolute Gasteiger partial charge is 0.455 e. The fourth-order valence-corrected chi connectivity index (χ4v) is 3.07. The van der Waals surface area contributed by atoms with E-state index in [1.807, 2.05) is 67.5 Å². The average molecular weight is 368 g/mol. The second-order valence-corrected chi connectivity index (χ2v) is 6.89. The normalized spacial score (nSPS) is 14.3. The molecule has 2 amide bonds. The lowest BCUT2D eigenvalue weighted by Crippen LogP contribution is -2.52. The van der Waals surface area contributed by atoms with Crippen LogP contribution in [0.15, 0.2) is 54.6 Å². The van der Waals surface area contributed by atoms with Crippen LogP contribution in [0.1, 0.15) is 0 Å². The molecule has 0 spiro atoms. The molecule has 27 heavy (non-hydrogen) atoms. The number of nitrogens with zero attached hydrogens (tertiary/aromatic N) is 3. The van der Waals surface area contributed by atoms with Crippen LogP contribution in [0.3, 0.4) is 0 Å². The van der Waals surface area contributed by atoms with Gasteiger partial charge in [0.25, 0.3) is 0 Å². The first-order valence-electron chi connectivity index (χ1n) is 9.38. The number of ether oxygens (including phenoxy) is 1. The van der Waals surface area contributed by atoms with Crippen LogP contribution in [0.25, 0.3) is 0 Å².